The number of aliphatic carboxylic acids is 1. The highest BCUT2D eigenvalue weighted by atomic mass is 32.2. The molecule has 0 bridgehead atoms. The Morgan fingerprint density at radius 3 is 2.77 bits per heavy atom. The highest BCUT2D eigenvalue weighted by Crippen LogP contribution is 2.29. The predicted molar refractivity (Wildman–Crippen MR) is 77.7 cm³/mol. The Bertz CT molecular complexity index is 852. The van der Waals surface area contributed by atoms with Crippen molar-refractivity contribution in [2.75, 3.05) is 0 Å². The van der Waals surface area contributed by atoms with Gasteiger partial charge in [0.15, 0.2) is 5.65 Å². The number of pyridine rings is 1. The number of sulfonamides is 1. The molecule has 118 valence electrons. The monoisotopic (exact) mass is 324 g/mol. The van der Waals surface area contributed by atoms with E-state index < -0.39 is 21.9 Å². The minimum atomic E-state index is -3.71. The molecule has 2 aromatic rings. The van der Waals surface area contributed by atoms with E-state index in [-0.39, 0.29) is 10.9 Å². The van der Waals surface area contributed by atoms with Crippen molar-refractivity contribution in [3.8, 4) is 0 Å². The molecule has 2 heterocycles. The van der Waals surface area contributed by atoms with Crippen LogP contribution in [0, 0.1) is 12.8 Å². The average Bonchev–Trinajstić information content (AvgIpc) is 2.68. The van der Waals surface area contributed by atoms with Gasteiger partial charge in [0.05, 0.1) is 11.6 Å². The van der Waals surface area contributed by atoms with Crippen LogP contribution in [0.15, 0.2) is 17.2 Å². The third-order valence-electron chi connectivity index (χ3n) is 3.96. The lowest BCUT2D eigenvalue weighted by Crippen LogP contribution is -2.46. The predicted octanol–water partition coefficient (Wildman–Crippen LogP) is 0.418. The van der Waals surface area contributed by atoms with Crippen LogP contribution in [0.1, 0.15) is 18.5 Å². The lowest BCUT2D eigenvalue weighted by Gasteiger charge is -2.32. The van der Waals surface area contributed by atoms with E-state index in [0.29, 0.717) is 29.6 Å². The molecule has 0 spiro atoms. The molecule has 2 aromatic heterocycles. The molecular formula is C13H16N4O4S. The number of aryl methyl sites for hydroxylation is 2. The molecular weight excluding hydrogens is 308 g/mol. The Kier molecular flexibility index (Phi) is 3.41. The lowest BCUT2D eigenvalue weighted by molar-refractivity contribution is -0.145. The zero-order valence-electron chi connectivity index (χ0n) is 12.1. The van der Waals surface area contributed by atoms with Crippen LogP contribution >= 0.6 is 0 Å². The first-order valence-corrected chi connectivity index (χ1v) is 8.31. The number of rotatable bonds is 4. The van der Waals surface area contributed by atoms with Gasteiger partial charge in [-0.1, -0.05) is 0 Å². The van der Waals surface area contributed by atoms with Crippen molar-refractivity contribution in [3.63, 3.8) is 0 Å². The molecule has 0 amide bonds. The van der Waals surface area contributed by atoms with Crippen molar-refractivity contribution in [1.82, 2.24) is 19.5 Å². The number of fused-ring (bicyclic) bond motifs is 1. The highest BCUT2D eigenvalue weighted by molar-refractivity contribution is 7.89. The summed E-state index contributed by atoms with van der Waals surface area (Å²) in [4.78, 5) is 15.0. The van der Waals surface area contributed by atoms with E-state index in [1.807, 2.05) is 0 Å². The fourth-order valence-corrected chi connectivity index (χ4v) is 3.87. The number of carboxylic acid groups (broad SMARTS) is 1. The van der Waals surface area contributed by atoms with Gasteiger partial charge in [0.25, 0.3) is 0 Å². The van der Waals surface area contributed by atoms with Gasteiger partial charge in [0.1, 0.15) is 4.90 Å². The Morgan fingerprint density at radius 2 is 2.14 bits per heavy atom. The summed E-state index contributed by atoms with van der Waals surface area (Å²) in [5.41, 5.74) is 1.32. The van der Waals surface area contributed by atoms with Crippen LogP contribution in [0.5, 0.6) is 0 Å². The molecule has 1 aliphatic rings. The van der Waals surface area contributed by atoms with Crippen molar-refractivity contribution in [1.29, 1.82) is 0 Å². The normalized spacial score (nSPS) is 21.7. The van der Waals surface area contributed by atoms with Crippen molar-refractivity contribution in [2.24, 2.45) is 13.0 Å². The average molecular weight is 324 g/mol. The molecule has 1 fully saturated rings. The zero-order chi connectivity index (χ0) is 16.1. The van der Waals surface area contributed by atoms with Crippen LogP contribution in [0.25, 0.3) is 11.0 Å². The molecule has 9 heteroatoms. The van der Waals surface area contributed by atoms with Crippen LogP contribution in [-0.4, -0.2) is 40.3 Å². The first-order valence-electron chi connectivity index (χ1n) is 6.82. The second kappa shape index (κ2) is 5.03. The summed E-state index contributed by atoms with van der Waals surface area (Å²) in [7, 11) is -1.97. The summed E-state index contributed by atoms with van der Waals surface area (Å²) in [5.74, 6) is -1.35. The fourth-order valence-electron chi connectivity index (χ4n) is 2.64. The van der Waals surface area contributed by atoms with Gasteiger partial charge >= 0.3 is 5.97 Å². The molecule has 2 N–H and O–H groups in total. The van der Waals surface area contributed by atoms with Crippen LogP contribution < -0.4 is 4.72 Å². The number of nitrogens with one attached hydrogen (secondary N) is 1. The van der Waals surface area contributed by atoms with Gasteiger partial charge in [-0.05, 0) is 25.8 Å². The van der Waals surface area contributed by atoms with E-state index in [1.165, 1.54) is 6.20 Å². The van der Waals surface area contributed by atoms with E-state index in [0.717, 1.165) is 0 Å². The maximum Gasteiger partial charge on any atom is 0.306 e. The Morgan fingerprint density at radius 1 is 1.45 bits per heavy atom. The fraction of sp³-hybridized carbons (Fsp3) is 0.462. The first kappa shape index (κ1) is 14.9. The van der Waals surface area contributed by atoms with E-state index in [9.17, 15) is 13.2 Å². The van der Waals surface area contributed by atoms with Crippen molar-refractivity contribution in [2.45, 2.75) is 30.7 Å². The van der Waals surface area contributed by atoms with Crippen LogP contribution in [0.3, 0.4) is 0 Å². The van der Waals surface area contributed by atoms with E-state index in [1.54, 1.807) is 24.7 Å². The van der Waals surface area contributed by atoms with Gasteiger partial charge in [-0.15, -0.1) is 0 Å². The number of hydrogen-bond acceptors (Lipinski definition) is 5. The summed E-state index contributed by atoms with van der Waals surface area (Å²) < 4.78 is 28.8. The van der Waals surface area contributed by atoms with Crippen molar-refractivity contribution >= 4 is 27.0 Å². The Balaban J connectivity index is 1.84. The van der Waals surface area contributed by atoms with E-state index >= 15 is 0 Å². The molecule has 1 saturated carbocycles. The maximum atomic E-state index is 12.3. The second-order valence-corrected chi connectivity index (χ2v) is 7.29. The first-order chi connectivity index (χ1) is 10.3. The summed E-state index contributed by atoms with van der Waals surface area (Å²) in [6.07, 6.45) is 1.92. The highest BCUT2D eigenvalue weighted by Gasteiger charge is 2.37. The molecule has 3 rings (SSSR count). The van der Waals surface area contributed by atoms with Crippen LogP contribution in [0.4, 0.5) is 0 Å². The second-order valence-electron chi connectivity index (χ2n) is 5.58. The summed E-state index contributed by atoms with van der Waals surface area (Å²) in [6, 6.07) is 1.21. The SMILES string of the molecule is Cc1nn(C)c2ncc(S(=O)(=O)NC3CC(C(=O)O)C3)cc12. The van der Waals surface area contributed by atoms with Crippen molar-refractivity contribution < 1.29 is 18.3 Å². The Hall–Kier alpha value is -2.00. The Labute approximate surface area is 127 Å². The quantitative estimate of drug-likeness (QED) is 0.842. The smallest absolute Gasteiger partial charge is 0.306 e. The molecule has 0 aromatic carbocycles. The standard InChI is InChI=1S/C13H16N4O4S/c1-7-11-5-10(6-14-12(11)17(2)15-7)22(20,21)16-9-3-8(4-9)13(18)19/h5-6,8-9,16H,3-4H2,1-2H3,(H,18,19). The van der Waals surface area contributed by atoms with Gasteiger partial charge in [0, 0.05) is 24.7 Å². The number of aromatic nitrogens is 3. The summed E-state index contributed by atoms with van der Waals surface area (Å²) >= 11 is 0. The molecule has 22 heavy (non-hydrogen) atoms. The van der Waals surface area contributed by atoms with E-state index in [4.69, 9.17) is 5.11 Å². The number of carbonyl (C=O) groups is 1. The van der Waals surface area contributed by atoms with E-state index in [2.05, 4.69) is 14.8 Å². The summed E-state index contributed by atoms with van der Waals surface area (Å²) in [5, 5.41) is 13.7. The molecule has 0 atom stereocenters. The number of nitrogens with zero attached hydrogens (tertiary/aromatic N) is 3. The molecule has 0 aliphatic heterocycles. The van der Waals surface area contributed by atoms with Gasteiger partial charge < -0.3 is 5.11 Å². The molecule has 0 saturated heterocycles. The lowest BCUT2D eigenvalue weighted by atomic mass is 9.81. The minimum Gasteiger partial charge on any atom is -0.481 e. The molecule has 1 aliphatic carbocycles. The van der Waals surface area contributed by atoms with Gasteiger partial charge in [-0.25, -0.2) is 18.1 Å². The maximum absolute atomic E-state index is 12.3. The van der Waals surface area contributed by atoms with Crippen LogP contribution in [-0.2, 0) is 21.9 Å². The summed E-state index contributed by atoms with van der Waals surface area (Å²) in [6.45, 7) is 1.79. The molecule has 0 unspecified atom stereocenters. The number of carboxylic acids is 1. The molecule has 8 nitrogen and oxygen atoms in total. The van der Waals surface area contributed by atoms with Gasteiger partial charge in [-0.2, -0.15) is 5.10 Å². The third-order valence-corrected chi connectivity index (χ3v) is 5.44. The van der Waals surface area contributed by atoms with Crippen LogP contribution in [0.2, 0.25) is 0 Å². The third kappa shape index (κ3) is 2.46. The van der Waals surface area contributed by atoms with Gasteiger partial charge in [0.2, 0.25) is 10.0 Å². The minimum absolute atomic E-state index is 0.0647. The van der Waals surface area contributed by atoms with Gasteiger partial charge in [-0.3, -0.25) is 9.48 Å². The topological polar surface area (TPSA) is 114 Å². The molecule has 0 radical (unpaired) electrons. The number of hydrogen-bond donors (Lipinski definition) is 2. The van der Waals surface area contributed by atoms with Crippen molar-refractivity contribution in [3.05, 3.63) is 18.0 Å². The zero-order valence-corrected chi connectivity index (χ0v) is 13.0. The largest absolute Gasteiger partial charge is 0.481 e.